The van der Waals surface area contributed by atoms with Crippen LogP contribution in [0.1, 0.15) is 19.4 Å². The van der Waals surface area contributed by atoms with Crippen molar-refractivity contribution >= 4 is 23.6 Å². The van der Waals surface area contributed by atoms with Gasteiger partial charge in [0.25, 0.3) is 0 Å². The maximum absolute atomic E-state index is 11.7. The number of thioether (sulfide) groups is 1. The molecule has 106 valence electrons. The highest BCUT2D eigenvalue weighted by Gasteiger charge is 2.13. The normalized spacial score (nSPS) is 10.8. The standard InChI is InChI=1S/C14H18N4OS/c1-10(2)12(19)15-13-16-17-14(18(13)3)20-9-11-7-5-4-6-8-11/h4-8,10H,9H2,1-3H3,(H,15,16,19). The molecule has 20 heavy (non-hydrogen) atoms. The van der Waals surface area contributed by atoms with Crippen molar-refractivity contribution < 1.29 is 4.79 Å². The molecule has 0 saturated carbocycles. The number of hydrogen-bond acceptors (Lipinski definition) is 4. The van der Waals surface area contributed by atoms with Crippen LogP contribution < -0.4 is 5.32 Å². The number of nitrogens with one attached hydrogen (secondary N) is 1. The fourth-order valence-electron chi connectivity index (χ4n) is 1.53. The number of benzene rings is 1. The number of carbonyl (C=O) groups is 1. The summed E-state index contributed by atoms with van der Waals surface area (Å²) in [6.45, 7) is 3.69. The van der Waals surface area contributed by atoms with Crippen LogP contribution in [0.25, 0.3) is 0 Å². The zero-order chi connectivity index (χ0) is 14.5. The lowest BCUT2D eigenvalue weighted by Crippen LogP contribution is -2.20. The molecule has 2 rings (SSSR count). The molecule has 0 radical (unpaired) electrons. The van der Waals surface area contributed by atoms with Crippen LogP contribution in [0.2, 0.25) is 0 Å². The first-order valence-electron chi connectivity index (χ1n) is 6.45. The van der Waals surface area contributed by atoms with Gasteiger partial charge in [-0.05, 0) is 5.56 Å². The highest BCUT2D eigenvalue weighted by Crippen LogP contribution is 2.22. The number of rotatable bonds is 5. The highest BCUT2D eigenvalue weighted by molar-refractivity contribution is 7.98. The summed E-state index contributed by atoms with van der Waals surface area (Å²) >= 11 is 1.59. The second-order valence-corrected chi connectivity index (χ2v) is 5.73. The smallest absolute Gasteiger partial charge is 0.231 e. The highest BCUT2D eigenvalue weighted by atomic mass is 32.2. The Labute approximate surface area is 122 Å². The molecule has 0 unspecified atom stereocenters. The van der Waals surface area contributed by atoms with Crippen LogP contribution >= 0.6 is 11.8 Å². The van der Waals surface area contributed by atoms with Gasteiger partial charge in [0.05, 0.1) is 0 Å². The number of amides is 1. The van der Waals surface area contributed by atoms with Crippen LogP contribution in [0.4, 0.5) is 5.95 Å². The second-order valence-electron chi connectivity index (χ2n) is 4.78. The van der Waals surface area contributed by atoms with Gasteiger partial charge in [-0.2, -0.15) is 0 Å². The Hall–Kier alpha value is -1.82. The summed E-state index contributed by atoms with van der Waals surface area (Å²) in [5.41, 5.74) is 1.23. The molecule has 1 aromatic carbocycles. The van der Waals surface area contributed by atoms with E-state index in [2.05, 4.69) is 27.6 Å². The lowest BCUT2D eigenvalue weighted by atomic mass is 10.2. The van der Waals surface area contributed by atoms with Gasteiger partial charge in [0.2, 0.25) is 11.9 Å². The van der Waals surface area contributed by atoms with Gasteiger partial charge in [-0.25, -0.2) is 0 Å². The van der Waals surface area contributed by atoms with Gasteiger partial charge in [-0.15, -0.1) is 10.2 Å². The van der Waals surface area contributed by atoms with Crippen molar-refractivity contribution in [1.82, 2.24) is 14.8 Å². The van der Waals surface area contributed by atoms with Crippen LogP contribution in [0.15, 0.2) is 35.5 Å². The molecule has 0 bridgehead atoms. The molecule has 0 saturated heterocycles. The summed E-state index contributed by atoms with van der Waals surface area (Å²) < 4.78 is 1.80. The SMILES string of the molecule is CC(C)C(=O)Nc1nnc(SCc2ccccc2)n1C. The quantitative estimate of drug-likeness (QED) is 0.860. The minimum absolute atomic E-state index is 0.0555. The molecule has 0 fully saturated rings. The Kier molecular flexibility index (Phi) is 4.79. The van der Waals surface area contributed by atoms with E-state index in [9.17, 15) is 4.79 Å². The van der Waals surface area contributed by atoms with Gasteiger partial charge in [0, 0.05) is 18.7 Å². The van der Waals surface area contributed by atoms with Gasteiger partial charge < -0.3 is 0 Å². The summed E-state index contributed by atoms with van der Waals surface area (Å²) in [7, 11) is 1.85. The molecule has 2 aromatic rings. The van der Waals surface area contributed by atoms with Gasteiger partial charge in [-0.1, -0.05) is 55.9 Å². The second kappa shape index (κ2) is 6.56. The molecule has 6 heteroatoms. The van der Waals surface area contributed by atoms with Crippen LogP contribution in [0.3, 0.4) is 0 Å². The number of hydrogen-bond donors (Lipinski definition) is 1. The number of nitrogens with zero attached hydrogens (tertiary/aromatic N) is 3. The lowest BCUT2D eigenvalue weighted by Gasteiger charge is -2.07. The molecule has 0 aliphatic carbocycles. The molecule has 1 N–H and O–H groups in total. The van der Waals surface area contributed by atoms with Gasteiger partial charge in [0.1, 0.15) is 0 Å². The number of carbonyl (C=O) groups excluding carboxylic acids is 1. The van der Waals surface area contributed by atoms with Gasteiger partial charge in [-0.3, -0.25) is 14.7 Å². The molecule has 0 spiro atoms. The average molecular weight is 290 g/mol. The minimum atomic E-state index is -0.0767. The predicted molar refractivity (Wildman–Crippen MR) is 80.5 cm³/mol. The Bertz CT molecular complexity index is 580. The zero-order valence-corrected chi connectivity index (χ0v) is 12.6. The third-order valence-corrected chi connectivity index (χ3v) is 3.90. The van der Waals surface area contributed by atoms with Gasteiger partial charge in [0.15, 0.2) is 5.16 Å². The summed E-state index contributed by atoms with van der Waals surface area (Å²) in [5.74, 6) is 1.18. The third-order valence-electron chi connectivity index (χ3n) is 2.81. The van der Waals surface area contributed by atoms with E-state index in [-0.39, 0.29) is 11.8 Å². The van der Waals surface area contributed by atoms with E-state index in [0.29, 0.717) is 5.95 Å². The van der Waals surface area contributed by atoms with E-state index in [1.54, 1.807) is 16.3 Å². The zero-order valence-electron chi connectivity index (χ0n) is 11.8. The Morgan fingerprint density at radius 1 is 1.30 bits per heavy atom. The molecule has 1 aromatic heterocycles. The van der Waals surface area contributed by atoms with E-state index < -0.39 is 0 Å². The lowest BCUT2D eigenvalue weighted by molar-refractivity contribution is -0.118. The van der Waals surface area contributed by atoms with Crippen molar-refractivity contribution in [2.24, 2.45) is 13.0 Å². The molecular formula is C14H18N4OS. The maximum Gasteiger partial charge on any atom is 0.231 e. The van der Waals surface area contributed by atoms with Crippen molar-refractivity contribution in [3.8, 4) is 0 Å². The number of aromatic nitrogens is 3. The fraction of sp³-hybridized carbons (Fsp3) is 0.357. The Morgan fingerprint density at radius 3 is 2.65 bits per heavy atom. The van der Waals surface area contributed by atoms with Crippen molar-refractivity contribution in [3.05, 3.63) is 35.9 Å². The molecule has 5 nitrogen and oxygen atoms in total. The van der Waals surface area contributed by atoms with Crippen molar-refractivity contribution in [2.75, 3.05) is 5.32 Å². The fourth-order valence-corrected chi connectivity index (χ4v) is 2.39. The van der Waals surface area contributed by atoms with Crippen molar-refractivity contribution in [1.29, 1.82) is 0 Å². The van der Waals surface area contributed by atoms with Crippen molar-refractivity contribution in [3.63, 3.8) is 0 Å². The minimum Gasteiger partial charge on any atom is -0.294 e. The van der Waals surface area contributed by atoms with Gasteiger partial charge >= 0.3 is 0 Å². The van der Waals surface area contributed by atoms with E-state index in [1.807, 2.05) is 39.1 Å². The Morgan fingerprint density at radius 2 is 2.00 bits per heavy atom. The van der Waals surface area contributed by atoms with E-state index >= 15 is 0 Å². The molecule has 0 aliphatic heterocycles. The Balaban J connectivity index is 2.00. The monoisotopic (exact) mass is 290 g/mol. The largest absolute Gasteiger partial charge is 0.294 e. The molecule has 1 heterocycles. The maximum atomic E-state index is 11.7. The summed E-state index contributed by atoms with van der Waals surface area (Å²) in [4.78, 5) is 11.7. The first-order valence-corrected chi connectivity index (χ1v) is 7.43. The molecule has 0 aliphatic rings. The molecule has 1 amide bonds. The average Bonchev–Trinajstić information content (AvgIpc) is 2.78. The topological polar surface area (TPSA) is 59.8 Å². The predicted octanol–water partition coefficient (Wildman–Crippen LogP) is 2.70. The van der Waals surface area contributed by atoms with Crippen LogP contribution in [0, 0.1) is 5.92 Å². The summed E-state index contributed by atoms with van der Waals surface area (Å²) in [6, 6.07) is 10.2. The van der Waals surface area contributed by atoms with E-state index in [1.165, 1.54) is 5.56 Å². The third kappa shape index (κ3) is 3.60. The number of anilines is 1. The summed E-state index contributed by atoms with van der Waals surface area (Å²) in [6.07, 6.45) is 0. The summed E-state index contributed by atoms with van der Waals surface area (Å²) in [5, 5.41) is 11.7. The molecule has 0 atom stereocenters. The first-order chi connectivity index (χ1) is 9.58. The van der Waals surface area contributed by atoms with Crippen LogP contribution in [-0.2, 0) is 17.6 Å². The van der Waals surface area contributed by atoms with Crippen LogP contribution in [0.5, 0.6) is 0 Å². The first kappa shape index (κ1) is 14.6. The van der Waals surface area contributed by atoms with E-state index in [4.69, 9.17) is 0 Å². The molecular weight excluding hydrogens is 272 g/mol. The van der Waals surface area contributed by atoms with E-state index in [0.717, 1.165) is 10.9 Å². The van der Waals surface area contributed by atoms with Crippen LogP contribution in [-0.4, -0.2) is 20.7 Å². The van der Waals surface area contributed by atoms with Crippen molar-refractivity contribution in [2.45, 2.75) is 24.8 Å².